The zero-order chi connectivity index (χ0) is 8.27. The van der Waals surface area contributed by atoms with Gasteiger partial charge in [0.15, 0.2) is 0 Å². The Bertz CT molecular complexity index is 244. The van der Waals surface area contributed by atoms with Crippen LogP contribution < -0.4 is 5.73 Å². The summed E-state index contributed by atoms with van der Waals surface area (Å²) in [6, 6.07) is 1.17. The maximum atomic E-state index is 12.0. The van der Waals surface area contributed by atoms with Crippen LogP contribution in [0.25, 0.3) is 0 Å². The normalized spacial score (nSPS) is 9.67. The average molecular weight is 196 g/mol. The van der Waals surface area contributed by atoms with Crippen LogP contribution in [0.4, 0.5) is 8.78 Å². The van der Waals surface area contributed by atoms with Crippen molar-refractivity contribution in [3.8, 4) is 0 Å². The number of nitrogens with zero attached hydrogens (tertiary/aromatic N) is 2. The van der Waals surface area contributed by atoms with Crippen molar-refractivity contribution in [3.05, 3.63) is 23.8 Å². The van der Waals surface area contributed by atoms with Crippen molar-refractivity contribution in [1.82, 2.24) is 9.97 Å². The third-order valence-corrected chi connectivity index (χ3v) is 1.13. The lowest BCUT2D eigenvalue weighted by molar-refractivity contribution is 0.145. The van der Waals surface area contributed by atoms with Crippen LogP contribution >= 0.6 is 12.4 Å². The lowest BCUT2D eigenvalue weighted by Crippen LogP contribution is -2.04. The number of alkyl halides is 2. The van der Waals surface area contributed by atoms with E-state index in [1.54, 1.807) is 0 Å². The summed E-state index contributed by atoms with van der Waals surface area (Å²) in [6.45, 7) is 0.0839. The molecule has 0 aliphatic rings. The van der Waals surface area contributed by atoms with E-state index in [0.717, 1.165) is 0 Å². The highest BCUT2D eigenvalue weighted by atomic mass is 35.5. The second-order valence-electron chi connectivity index (χ2n) is 1.90. The van der Waals surface area contributed by atoms with Gasteiger partial charge in [-0.3, -0.25) is 0 Å². The first kappa shape index (κ1) is 11.2. The lowest BCUT2D eigenvalue weighted by atomic mass is 10.4. The molecule has 0 aromatic carbocycles. The van der Waals surface area contributed by atoms with E-state index in [1.165, 1.54) is 12.3 Å². The van der Waals surface area contributed by atoms with Crippen LogP contribution in [0.3, 0.4) is 0 Å². The second-order valence-corrected chi connectivity index (χ2v) is 1.90. The van der Waals surface area contributed by atoms with Gasteiger partial charge in [-0.25, -0.2) is 18.7 Å². The van der Waals surface area contributed by atoms with Crippen molar-refractivity contribution in [2.75, 3.05) is 0 Å². The van der Waals surface area contributed by atoms with Crippen LogP contribution in [0.2, 0.25) is 0 Å². The van der Waals surface area contributed by atoms with Gasteiger partial charge in [0.05, 0.1) is 6.54 Å². The summed E-state index contributed by atoms with van der Waals surface area (Å²) in [5.74, 6) is 0.239. The molecule has 1 aromatic rings. The third kappa shape index (κ3) is 2.67. The summed E-state index contributed by atoms with van der Waals surface area (Å²) in [5, 5.41) is 0. The quantitative estimate of drug-likeness (QED) is 0.774. The van der Waals surface area contributed by atoms with Crippen LogP contribution in [0.5, 0.6) is 0 Å². The first-order chi connectivity index (χ1) is 5.24. The Labute approximate surface area is 74.4 Å². The van der Waals surface area contributed by atoms with E-state index in [9.17, 15) is 8.78 Å². The lowest BCUT2D eigenvalue weighted by Gasteiger charge is -1.98. The molecule has 0 bridgehead atoms. The van der Waals surface area contributed by atoms with Crippen LogP contribution in [0, 0.1) is 0 Å². The molecule has 12 heavy (non-hydrogen) atoms. The van der Waals surface area contributed by atoms with Crippen LogP contribution in [-0.4, -0.2) is 9.97 Å². The minimum atomic E-state index is -2.55. The Morgan fingerprint density at radius 3 is 2.67 bits per heavy atom. The maximum absolute atomic E-state index is 12.0. The smallest absolute Gasteiger partial charge is 0.280 e. The van der Waals surface area contributed by atoms with E-state index in [2.05, 4.69) is 9.97 Å². The molecule has 0 saturated heterocycles. The third-order valence-electron chi connectivity index (χ3n) is 1.13. The van der Waals surface area contributed by atoms with E-state index in [1.807, 2.05) is 0 Å². The van der Waals surface area contributed by atoms with Crippen molar-refractivity contribution >= 4 is 12.4 Å². The summed E-state index contributed by atoms with van der Waals surface area (Å²) in [5.41, 5.74) is 4.87. The molecule has 1 rings (SSSR count). The Kier molecular flexibility index (Phi) is 4.61. The van der Waals surface area contributed by atoms with Crippen molar-refractivity contribution in [2.24, 2.45) is 5.73 Å². The van der Waals surface area contributed by atoms with Gasteiger partial charge in [0.25, 0.3) is 6.43 Å². The largest absolute Gasteiger partial charge is 0.324 e. The number of rotatable bonds is 2. The second kappa shape index (κ2) is 4.95. The molecule has 0 atom stereocenters. The van der Waals surface area contributed by atoms with Gasteiger partial charge >= 0.3 is 0 Å². The fourth-order valence-electron chi connectivity index (χ4n) is 0.635. The standard InChI is InChI=1S/C6H7F2N3.ClH/c7-6(8)4-1-2-10-5(3-9)11-4;/h1-2,6H,3,9H2;1H. The highest BCUT2D eigenvalue weighted by Crippen LogP contribution is 2.14. The Morgan fingerprint density at radius 1 is 1.50 bits per heavy atom. The molecule has 0 saturated carbocycles. The fraction of sp³-hybridized carbons (Fsp3) is 0.333. The molecule has 0 amide bonds. The summed E-state index contributed by atoms with van der Waals surface area (Å²) in [4.78, 5) is 7.18. The zero-order valence-corrected chi connectivity index (χ0v) is 6.89. The van der Waals surface area contributed by atoms with E-state index in [-0.39, 0.29) is 30.5 Å². The zero-order valence-electron chi connectivity index (χ0n) is 6.08. The molecule has 0 aliphatic carbocycles. The fourth-order valence-corrected chi connectivity index (χ4v) is 0.635. The Balaban J connectivity index is 0.00000121. The topological polar surface area (TPSA) is 51.8 Å². The number of aromatic nitrogens is 2. The van der Waals surface area contributed by atoms with Gasteiger partial charge < -0.3 is 5.73 Å². The first-order valence-corrected chi connectivity index (χ1v) is 3.04. The predicted molar refractivity (Wildman–Crippen MR) is 42.1 cm³/mol. The van der Waals surface area contributed by atoms with Crippen molar-refractivity contribution in [1.29, 1.82) is 0 Å². The molecule has 6 heteroatoms. The van der Waals surface area contributed by atoms with Gasteiger partial charge in [0.2, 0.25) is 0 Å². The predicted octanol–water partition coefficient (Wildman–Crippen LogP) is 1.29. The molecule has 0 unspecified atom stereocenters. The van der Waals surface area contributed by atoms with Crippen molar-refractivity contribution < 1.29 is 8.78 Å². The number of halogens is 3. The number of hydrogen-bond donors (Lipinski definition) is 1. The number of hydrogen-bond acceptors (Lipinski definition) is 3. The van der Waals surface area contributed by atoms with Gasteiger partial charge in [-0.2, -0.15) is 0 Å². The molecular weight excluding hydrogens is 188 g/mol. The molecule has 0 aliphatic heterocycles. The van der Waals surface area contributed by atoms with Gasteiger partial charge in [-0.15, -0.1) is 12.4 Å². The van der Waals surface area contributed by atoms with E-state index < -0.39 is 6.43 Å². The highest BCUT2D eigenvalue weighted by molar-refractivity contribution is 5.85. The van der Waals surface area contributed by atoms with Crippen molar-refractivity contribution in [3.63, 3.8) is 0 Å². The minimum absolute atomic E-state index is 0. The Morgan fingerprint density at radius 2 is 2.17 bits per heavy atom. The van der Waals surface area contributed by atoms with Crippen LogP contribution in [-0.2, 0) is 6.54 Å². The van der Waals surface area contributed by atoms with Gasteiger partial charge in [0.1, 0.15) is 11.5 Å². The van der Waals surface area contributed by atoms with Crippen LogP contribution in [0.1, 0.15) is 17.9 Å². The molecule has 0 spiro atoms. The molecule has 1 aromatic heterocycles. The first-order valence-electron chi connectivity index (χ1n) is 3.04. The van der Waals surface area contributed by atoms with Gasteiger partial charge in [-0.05, 0) is 6.07 Å². The molecule has 68 valence electrons. The van der Waals surface area contributed by atoms with Crippen LogP contribution in [0.15, 0.2) is 12.3 Å². The SMILES string of the molecule is Cl.NCc1nccc(C(F)F)n1. The Hall–Kier alpha value is -0.810. The summed E-state index contributed by atoms with van der Waals surface area (Å²) in [6.07, 6.45) is -1.28. The van der Waals surface area contributed by atoms with Gasteiger partial charge in [0, 0.05) is 6.20 Å². The minimum Gasteiger partial charge on any atom is -0.324 e. The molecule has 1 heterocycles. The molecular formula is C6H8ClF2N3. The monoisotopic (exact) mass is 195 g/mol. The molecule has 0 fully saturated rings. The van der Waals surface area contributed by atoms with E-state index in [0.29, 0.717) is 0 Å². The summed E-state index contributed by atoms with van der Waals surface area (Å²) < 4.78 is 23.9. The summed E-state index contributed by atoms with van der Waals surface area (Å²) >= 11 is 0. The molecule has 2 N–H and O–H groups in total. The van der Waals surface area contributed by atoms with Crippen molar-refractivity contribution in [2.45, 2.75) is 13.0 Å². The molecule has 0 radical (unpaired) electrons. The van der Waals surface area contributed by atoms with E-state index in [4.69, 9.17) is 5.73 Å². The summed E-state index contributed by atoms with van der Waals surface area (Å²) in [7, 11) is 0. The van der Waals surface area contributed by atoms with E-state index >= 15 is 0 Å². The van der Waals surface area contributed by atoms with Gasteiger partial charge in [-0.1, -0.05) is 0 Å². The maximum Gasteiger partial charge on any atom is 0.280 e. The number of nitrogens with two attached hydrogens (primary N) is 1. The average Bonchev–Trinajstić information content (AvgIpc) is 2.05. The molecule has 3 nitrogen and oxygen atoms in total. The highest BCUT2D eigenvalue weighted by Gasteiger charge is 2.08.